The van der Waals surface area contributed by atoms with Gasteiger partial charge in [-0.15, -0.1) is 0 Å². The number of ether oxygens (including phenoxy) is 1. The summed E-state index contributed by atoms with van der Waals surface area (Å²) < 4.78 is 39.1. The molecule has 16 heteroatoms. The molecule has 0 bridgehead atoms. The van der Waals surface area contributed by atoms with Gasteiger partial charge in [-0.05, 0) is 33.6 Å². The van der Waals surface area contributed by atoms with Crippen molar-refractivity contribution in [3.8, 4) is 0 Å². The molecule has 4 heterocycles. The maximum Gasteiger partial charge on any atom is 0.410 e. The van der Waals surface area contributed by atoms with Crippen LogP contribution in [0.1, 0.15) is 56.9 Å². The number of hydrogen-bond acceptors (Lipinski definition) is 9. The Morgan fingerprint density at radius 2 is 1.66 bits per heavy atom. The van der Waals surface area contributed by atoms with Crippen LogP contribution in [0.2, 0.25) is 0 Å². The van der Waals surface area contributed by atoms with Crippen LogP contribution < -0.4 is 16.1 Å². The topological polar surface area (TPSA) is 196 Å². The molecule has 2 saturated heterocycles. The number of nitrogen functional groups attached to an aromatic ring is 1. The number of β-lactam (4-membered cyclic amide) rings is 1. The van der Waals surface area contributed by atoms with Crippen LogP contribution in [-0.2, 0) is 14.3 Å². The number of fused-ring (bicyclic) bond motifs is 2. The van der Waals surface area contributed by atoms with Crippen LogP contribution in [0.5, 0.6) is 0 Å². The number of nitrogens with zero attached hydrogens (tertiary/aromatic N) is 4. The molecule has 0 radical (unpaired) electrons. The quantitative estimate of drug-likeness (QED) is 0.251. The van der Waals surface area contributed by atoms with Crippen molar-refractivity contribution in [2.75, 3.05) is 30.3 Å². The second kappa shape index (κ2) is 11.2. The van der Waals surface area contributed by atoms with Crippen molar-refractivity contribution in [2.45, 2.75) is 70.8 Å². The fourth-order valence-electron chi connectivity index (χ4n) is 7.54. The number of nitrogens with two attached hydrogens (primary N) is 1. The van der Waals surface area contributed by atoms with Crippen molar-refractivity contribution in [3.63, 3.8) is 0 Å². The minimum absolute atomic E-state index is 0.0704. The van der Waals surface area contributed by atoms with Crippen LogP contribution in [0.15, 0.2) is 22.3 Å². The van der Waals surface area contributed by atoms with E-state index in [4.69, 9.17) is 10.5 Å². The van der Waals surface area contributed by atoms with Gasteiger partial charge in [-0.3, -0.25) is 14.5 Å². The summed E-state index contributed by atoms with van der Waals surface area (Å²) in [5, 5.41) is 28.9. The molecule has 47 heavy (non-hydrogen) atoms. The van der Waals surface area contributed by atoms with Crippen LogP contribution in [0, 0.1) is 23.5 Å². The predicted molar refractivity (Wildman–Crippen MR) is 162 cm³/mol. The average Bonchev–Trinajstić information content (AvgIpc) is 3.79. The number of carbonyl (C=O) groups is 4. The van der Waals surface area contributed by atoms with Gasteiger partial charge in [-0.1, -0.05) is 6.92 Å². The standard InChI is InChI=1S/C31H35F2N5O9/c1-11-7-35(26-20(32)22(34)19-25(21(26)33)36(15-5-6-15)9-16(27(19)40)29(42)43)8-12(2)37(11)31(46)47-10-17-13(3)23-18(14(4)39)28(41)38(23)24(17)30(44)45/h9,11-15,18,23,39H,5-8,10,34H2,1-4H3,(H,42,43)(H,44,45)/t11?,12?,13-,14+,18-,23+/m0/s1. The molecule has 1 aromatic carbocycles. The number of rotatable bonds is 7. The lowest BCUT2D eigenvalue weighted by molar-refractivity contribution is -0.163. The molecule has 14 nitrogen and oxygen atoms in total. The van der Waals surface area contributed by atoms with Crippen molar-refractivity contribution >= 4 is 46.2 Å². The summed E-state index contributed by atoms with van der Waals surface area (Å²) in [4.78, 5) is 66.7. The average molecular weight is 660 g/mol. The first-order valence-electron chi connectivity index (χ1n) is 15.3. The van der Waals surface area contributed by atoms with Crippen LogP contribution in [0.3, 0.4) is 0 Å². The first kappa shape index (κ1) is 32.2. The van der Waals surface area contributed by atoms with Crippen molar-refractivity contribution in [1.29, 1.82) is 0 Å². The van der Waals surface area contributed by atoms with Gasteiger partial charge in [0.25, 0.3) is 0 Å². The van der Waals surface area contributed by atoms with E-state index in [0.717, 1.165) is 11.1 Å². The van der Waals surface area contributed by atoms with Crippen LogP contribution >= 0.6 is 0 Å². The molecular formula is C31H35F2N5O9. The third-order valence-corrected chi connectivity index (χ3v) is 9.85. The minimum Gasteiger partial charge on any atom is -0.477 e. The van der Waals surface area contributed by atoms with Gasteiger partial charge >= 0.3 is 18.0 Å². The maximum absolute atomic E-state index is 16.3. The van der Waals surface area contributed by atoms with Crippen molar-refractivity contribution < 1.29 is 48.0 Å². The molecule has 2 aromatic rings. The number of aromatic nitrogens is 1. The summed E-state index contributed by atoms with van der Waals surface area (Å²) in [6.45, 7) is 5.88. The molecule has 2 unspecified atom stereocenters. The number of piperazine rings is 1. The summed E-state index contributed by atoms with van der Waals surface area (Å²) in [5.74, 6) is -6.97. The summed E-state index contributed by atoms with van der Waals surface area (Å²) in [6, 6.07) is -2.20. The highest BCUT2D eigenvalue weighted by Crippen LogP contribution is 2.47. The first-order valence-corrected chi connectivity index (χ1v) is 15.3. The third-order valence-electron chi connectivity index (χ3n) is 9.85. The van der Waals surface area contributed by atoms with Gasteiger partial charge in [0.2, 0.25) is 11.3 Å². The number of aromatic carboxylic acids is 1. The number of aliphatic carboxylic acids is 1. The highest BCUT2D eigenvalue weighted by Gasteiger charge is 2.60. The van der Waals surface area contributed by atoms with Gasteiger partial charge in [-0.25, -0.2) is 23.2 Å². The number of carbonyl (C=O) groups excluding carboxylic acids is 2. The van der Waals surface area contributed by atoms with E-state index in [-0.39, 0.29) is 35.9 Å². The molecule has 3 fully saturated rings. The minimum atomic E-state index is -1.54. The molecule has 2 amide bonds. The number of amides is 2. The first-order chi connectivity index (χ1) is 22.1. The second-order valence-electron chi connectivity index (χ2n) is 12.9. The van der Waals surface area contributed by atoms with E-state index in [2.05, 4.69) is 0 Å². The Morgan fingerprint density at radius 1 is 1.04 bits per heavy atom. The summed E-state index contributed by atoms with van der Waals surface area (Å²) in [7, 11) is 0. The van der Waals surface area contributed by atoms with Crippen molar-refractivity contribution in [3.05, 3.63) is 44.9 Å². The number of carboxylic acids is 2. The van der Waals surface area contributed by atoms with E-state index in [0.29, 0.717) is 12.8 Å². The molecule has 3 aliphatic heterocycles. The number of aliphatic hydroxyl groups is 1. The summed E-state index contributed by atoms with van der Waals surface area (Å²) in [5.41, 5.74) is 2.82. The van der Waals surface area contributed by atoms with Crippen molar-refractivity contribution in [2.24, 2.45) is 11.8 Å². The van der Waals surface area contributed by atoms with E-state index < -0.39 is 106 Å². The van der Waals surface area contributed by atoms with Gasteiger partial charge in [-0.2, -0.15) is 0 Å². The zero-order valence-electron chi connectivity index (χ0n) is 26.1. The molecular weight excluding hydrogens is 624 g/mol. The highest BCUT2D eigenvalue weighted by atomic mass is 19.1. The molecule has 6 rings (SSSR count). The van der Waals surface area contributed by atoms with E-state index >= 15 is 8.78 Å². The molecule has 1 aliphatic carbocycles. The van der Waals surface area contributed by atoms with E-state index in [1.165, 1.54) is 21.3 Å². The lowest BCUT2D eigenvalue weighted by atomic mass is 9.78. The Kier molecular flexibility index (Phi) is 7.68. The van der Waals surface area contributed by atoms with E-state index in [1.807, 2.05) is 0 Å². The third kappa shape index (κ3) is 4.79. The molecule has 6 atom stereocenters. The molecule has 1 aromatic heterocycles. The number of anilines is 2. The Bertz CT molecular complexity index is 1830. The van der Waals surface area contributed by atoms with Crippen LogP contribution in [0.4, 0.5) is 25.0 Å². The van der Waals surface area contributed by atoms with E-state index in [1.54, 1.807) is 20.8 Å². The van der Waals surface area contributed by atoms with Gasteiger partial charge in [0.1, 0.15) is 23.6 Å². The van der Waals surface area contributed by atoms with Gasteiger partial charge in [0, 0.05) is 36.8 Å². The molecule has 1 saturated carbocycles. The Labute approximate surface area is 266 Å². The Balaban J connectivity index is 1.26. The second-order valence-corrected chi connectivity index (χ2v) is 12.9. The Morgan fingerprint density at radius 3 is 2.19 bits per heavy atom. The Hall–Kier alpha value is -4.73. The normalized spacial score (nSPS) is 26.4. The van der Waals surface area contributed by atoms with E-state index in [9.17, 15) is 39.3 Å². The summed E-state index contributed by atoms with van der Waals surface area (Å²) in [6.07, 6.45) is 0.490. The fraction of sp³-hybridized carbons (Fsp3) is 0.516. The number of halogens is 2. The highest BCUT2D eigenvalue weighted by molar-refractivity contribution is 6.01. The number of aliphatic hydroxyl groups excluding tert-OH is 1. The number of carboxylic acid groups (broad SMARTS) is 2. The van der Waals surface area contributed by atoms with Crippen LogP contribution in [0.25, 0.3) is 10.9 Å². The van der Waals surface area contributed by atoms with Gasteiger partial charge < -0.3 is 40.2 Å². The molecule has 5 N–H and O–H groups in total. The number of pyridine rings is 1. The molecule has 4 aliphatic rings. The SMILES string of the molecule is CC1CN(c2c(F)c(N)c3c(=O)c(C(=O)O)cn(C4CC4)c3c2F)CC(C)N1C(=O)OCC1=C(C(=O)O)N2C(=O)[C@@H]([C@@H](C)O)[C@H]2[C@H]1C. The zero-order valence-corrected chi connectivity index (χ0v) is 26.1. The van der Waals surface area contributed by atoms with Crippen molar-refractivity contribution in [1.82, 2.24) is 14.4 Å². The maximum atomic E-state index is 16.3. The predicted octanol–water partition coefficient (Wildman–Crippen LogP) is 2.13. The lowest BCUT2D eigenvalue weighted by Gasteiger charge is -2.46. The monoisotopic (exact) mass is 659 g/mol. The number of benzene rings is 1. The van der Waals surface area contributed by atoms with Crippen LogP contribution in [-0.4, -0.2) is 97.6 Å². The smallest absolute Gasteiger partial charge is 0.410 e. The molecule has 0 spiro atoms. The molecule has 252 valence electrons. The van der Waals surface area contributed by atoms with Gasteiger partial charge in [0.15, 0.2) is 11.6 Å². The lowest BCUT2D eigenvalue weighted by Crippen LogP contribution is -2.63. The fourth-order valence-corrected chi connectivity index (χ4v) is 7.54. The van der Waals surface area contributed by atoms with Gasteiger partial charge in [0.05, 0.1) is 46.7 Å². The summed E-state index contributed by atoms with van der Waals surface area (Å²) >= 11 is 0. The largest absolute Gasteiger partial charge is 0.477 e. The zero-order chi connectivity index (χ0) is 34.4. The number of hydrogen-bond donors (Lipinski definition) is 4.